The van der Waals surface area contributed by atoms with E-state index in [1.54, 1.807) is 35.4 Å². The van der Waals surface area contributed by atoms with Gasteiger partial charge in [-0.2, -0.15) is 0 Å². The number of thiazole rings is 1. The number of hydrogen-bond donors (Lipinski definition) is 1. The van der Waals surface area contributed by atoms with Crippen molar-refractivity contribution in [3.05, 3.63) is 40.9 Å². The first-order valence-corrected chi connectivity index (χ1v) is 9.74. The molecule has 1 aromatic heterocycles. The monoisotopic (exact) mass is 393 g/mol. The number of likely N-dealkylation sites (tertiary alicyclic amines) is 1. The number of nitrogens with zero attached hydrogens (tertiary/aromatic N) is 2. The van der Waals surface area contributed by atoms with E-state index in [1.807, 2.05) is 5.38 Å². The fourth-order valence-electron chi connectivity index (χ4n) is 2.86. The van der Waals surface area contributed by atoms with Gasteiger partial charge in [0.2, 0.25) is 11.8 Å². The maximum absolute atomic E-state index is 12.4. The molecule has 138 valence electrons. The third-order valence-electron chi connectivity index (χ3n) is 4.21. The van der Waals surface area contributed by atoms with E-state index < -0.39 is 0 Å². The van der Waals surface area contributed by atoms with Gasteiger partial charge in [-0.05, 0) is 37.1 Å². The molecule has 1 atom stereocenters. The van der Waals surface area contributed by atoms with Gasteiger partial charge in [-0.25, -0.2) is 4.98 Å². The third-order valence-corrected chi connectivity index (χ3v) is 5.15. The number of ether oxygens (including phenoxy) is 1. The van der Waals surface area contributed by atoms with Crippen LogP contribution in [0.3, 0.4) is 0 Å². The molecule has 2 aromatic rings. The highest BCUT2D eigenvalue weighted by Crippen LogP contribution is 2.21. The molecule has 1 saturated heterocycles. The molecular weight excluding hydrogens is 374 g/mol. The van der Waals surface area contributed by atoms with Crippen LogP contribution in [0.1, 0.15) is 19.3 Å². The highest BCUT2D eigenvalue weighted by molar-refractivity contribution is 7.13. The summed E-state index contributed by atoms with van der Waals surface area (Å²) in [4.78, 5) is 30.6. The molecule has 1 fully saturated rings. The second kappa shape index (κ2) is 9.00. The minimum Gasteiger partial charge on any atom is -0.493 e. The summed E-state index contributed by atoms with van der Waals surface area (Å²) >= 11 is 7.21. The SMILES string of the molecule is O=C(Nc1nccs1)C1CCCN(C(=O)CCOc2ccc(Cl)cc2)C1. The average molecular weight is 394 g/mol. The summed E-state index contributed by atoms with van der Waals surface area (Å²) in [5.74, 6) is 0.413. The highest BCUT2D eigenvalue weighted by Gasteiger charge is 2.28. The van der Waals surface area contributed by atoms with Gasteiger partial charge in [0.15, 0.2) is 5.13 Å². The lowest BCUT2D eigenvalue weighted by molar-refractivity contribution is -0.135. The fraction of sp³-hybridized carbons (Fsp3) is 0.389. The largest absolute Gasteiger partial charge is 0.493 e. The standard InChI is InChI=1S/C18H20ClN3O3S/c19-14-3-5-15(6-4-14)25-10-7-16(23)22-9-1-2-13(12-22)17(24)21-18-20-8-11-26-18/h3-6,8,11,13H,1-2,7,9-10,12H2,(H,20,21,24). The Balaban J connectivity index is 1.45. The van der Waals surface area contributed by atoms with Gasteiger partial charge < -0.3 is 15.0 Å². The molecule has 2 heterocycles. The summed E-state index contributed by atoms with van der Waals surface area (Å²) in [5.41, 5.74) is 0. The third kappa shape index (κ3) is 5.19. The smallest absolute Gasteiger partial charge is 0.231 e. The van der Waals surface area contributed by atoms with Crippen LogP contribution < -0.4 is 10.1 Å². The Hall–Kier alpha value is -2.12. The number of nitrogens with one attached hydrogen (secondary N) is 1. The Morgan fingerprint density at radius 1 is 1.35 bits per heavy atom. The van der Waals surface area contributed by atoms with Crippen molar-refractivity contribution in [1.29, 1.82) is 0 Å². The normalized spacial score (nSPS) is 17.0. The van der Waals surface area contributed by atoms with Crippen molar-refractivity contribution in [2.75, 3.05) is 25.0 Å². The lowest BCUT2D eigenvalue weighted by atomic mass is 9.97. The van der Waals surface area contributed by atoms with Crippen LogP contribution in [0.25, 0.3) is 0 Å². The van der Waals surface area contributed by atoms with E-state index in [4.69, 9.17) is 16.3 Å². The number of carbonyl (C=O) groups excluding carboxylic acids is 2. The molecule has 0 aliphatic carbocycles. The number of aromatic nitrogens is 1. The number of benzene rings is 1. The van der Waals surface area contributed by atoms with Crippen LogP contribution in [-0.4, -0.2) is 41.4 Å². The van der Waals surface area contributed by atoms with Crippen LogP contribution in [0.5, 0.6) is 5.75 Å². The van der Waals surface area contributed by atoms with Crippen molar-refractivity contribution in [3.8, 4) is 5.75 Å². The van der Waals surface area contributed by atoms with E-state index in [0.717, 1.165) is 12.8 Å². The molecule has 8 heteroatoms. The molecule has 1 aliphatic heterocycles. The number of carbonyl (C=O) groups is 2. The minimum atomic E-state index is -0.200. The number of amides is 2. The van der Waals surface area contributed by atoms with Crippen LogP contribution in [0, 0.1) is 5.92 Å². The number of piperidine rings is 1. The Morgan fingerprint density at radius 2 is 2.15 bits per heavy atom. The van der Waals surface area contributed by atoms with Gasteiger partial charge in [0.05, 0.1) is 18.9 Å². The second-order valence-electron chi connectivity index (χ2n) is 6.06. The number of halogens is 1. The highest BCUT2D eigenvalue weighted by atomic mass is 35.5. The van der Waals surface area contributed by atoms with Crippen LogP contribution in [0.2, 0.25) is 5.02 Å². The van der Waals surface area contributed by atoms with E-state index in [1.165, 1.54) is 11.3 Å². The molecule has 1 unspecified atom stereocenters. The lowest BCUT2D eigenvalue weighted by Gasteiger charge is -2.32. The lowest BCUT2D eigenvalue weighted by Crippen LogP contribution is -2.44. The molecule has 2 amide bonds. The molecule has 1 N–H and O–H groups in total. The first kappa shape index (κ1) is 18.7. The molecular formula is C18H20ClN3O3S. The van der Waals surface area contributed by atoms with Gasteiger partial charge in [-0.1, -0.05) is 11.6 Å². The van der Waals surface area contributed by atoms with Crippen molar-refractivity contribution >= 4 is 39.9 Å². The summed E-state index contributed by atoms with van der Waals surface area (Å²) in [6.45, 7) is 1.42. The van der Waals surface area contributed by atoms with Crippen molar-refractivity contribution in [1.82, 2.24) is 9.88 Å². The van der Waals surface area contributed by atoms with Crippen LogP contribution >= 0.6 is 22.9 Å². The van der Waals surface area contributed by atoms with Crippen LogP contribution in [-0.2, 0) is 9.59 Å². The molecule has 26 heavy (non-hydrogen) atoms. The summed E-state index contributed by atoms with van der Waals surface area (Å²) in [6, 6.07) is 7.03. The van der Waals surface area contributed by atoms with E-state index >= 15 is 0 Å². The molecule has 0 saturated carbocycles. The summed E-state index contributed by atoms with van der Waals surface area (Å²) in [5, 5.41) is 5.86. The van der Waals surface area contributed by atoms with Crippen molar-refractivity contribution in [2.24, 2.45) is 5.92 Å². The Morgan fingerprint density at radius 3 is 2.88 bits per heavy atom. The summed E-state index contributed by atoms with van der Waals surface area (Å²) in [6.07, 6.45) is 3.53. The van der Waals surface area contributed by atoms with E-state index in [-0.39, 0.29) is 24.2 Å². The molecule has 3 rings (SSSR count). The van der Waals surface area contributed by atoms with Crippen molar-refractivity contribution in [3.63, 3.8) is 0 Å². The maximum Gasteiger partial charge on any atom is 0.231 e. The zero-order chi connectivity index (χ0) is 18.4. The predicted molar refractivity (Wildman–Crippen MR) is 102 cm³/mol. The van der Waals surface area contributed by atoms with Gasteiger partial charge in [-0.3, -0.25) is 9.59 Å². The molecule has 0 radical (unpaired) electrons. The number of hydrogen-bond acceptors (Lipinski definition) is 5. The van der Waals surface area contributed by atoms with Crippen molar-refractivity contribution in [2.45, 2.75) is 19.3 Å². The Kier molecular flexibility index (Phi) is 6.46. The number of anilines is 1. The van der Waals surface area contributed by atoms with Gasteiger partial charge >= 0.3 is 0 Å². The van der Waals surface area contributed by atoms with Gasteiger partial charge in [0, 0.05) is 29.7 Å². The fourth-order valence-corrected chi connectivity index (χ4v) is 3.51. The zero-order valence-electron chi connectivity index (χ0n) is 14.2. The summed E-state index contributed by atoms with van der Waals surface area (Å²) in [7, 11) is 0. The molecule has 1 aliphatic rings. The van der Waals surface area contributed by atoms with Gasteiger partial charge in [-0.15, -0.1) is 11.3 Å². The van der Waals surface area contributed by atoms with E-state index in [0.29, 0.717) is 35.6 Å². The van der Waals surface area contributed by atoms with Gasteiger partial charge in [0.25, 0.3) is 0 Å². The van der Waals surface area contributed by atoms with Crippen LogP contribution in [0.4, 0.5) is 5.13 Å². The average Bonchev–Trinajstić information content (AvgIpc) is 3.16. The Labute approximate surface area is 161 Å². The topological polar surface area (TPSA) is 71.5 Å². The minimum absolute atomic E-state index is 0.00529. The number of rotatable bonds is 6. The molecule has 0 spiro atoms. The Bertz CT molecular complexity index is 737. The maximum atomic E-state index is 12.4. The molecule has 6 nitrogen and oxygen atoms in total. The summed E-state index contributed by atoms with van der Waals surface area (Å²) < 4.78 is 5.57. The molecule has 0 bridgehead atoms. The first-order chi connectivity index (χ1) is 12.6. The van der Waals surface area contributed by atoms with E-state index in [9.17, 15) is 9.59 Å². The van der Waals surface area contributed by atoms with Crippen molar-refractivity contribution < 1.29 is 14.3 Å². The predicted octanol–water partition coefficient (Wildman–Crippen LogP) is 3.44. The molecule has 1 aromatic carbocycles. The van der Waals surface area contributed by atoms with Gasteiger partial charge in [0.1, 0.15) is 5.75 Å². The zero-order valence-corrected chi connectivity index (χ0v) is 15.8. The van der Waals surface area contributed by atoms with Crippen LogP contribution in [0.15, 0.2) is 35.8 Å². The quantitative estimate of drug-likeness (QED) is 0.816. The van der Waals surface area contributed by atoms with E-state index in [2.05, 4.69) is 10.3 Å². The second-order valence-corrected chi connectivity index (χ2v) is 7.39. The first-order valence-electron chi connectivity index (χ1n) is 8.48.